The minimum Gasteiger partial charge on any atom is -0.460 e. The lowest BCUT2D eigenvalue weighted by molar-refractivity contribution is -0.157. The fourth-order valence-corrected chi connectivity index (χ4v) is 3.83. The molecule has 0 fully saturated rings. The lowest BCUT2D eigenvalue weighted by Gasteiger charge is -2.24. The van der Waals surface area contributed by atoms with Gasteiger partial charge in [0, 0.05) is 32.4 Å². The molecule has 2 atom stereocenters. The van der Waals surface area contributed by atoms with Crippen molar-refractivity contribution < 1.29 is 23.9 Å². The third-order valence-corrected chi connectivity index (χ3v) is 5.65. The van der Waals surface area contributed by atoms with E-state index in [2.05, 4.69) is 16.0 Å². The monoisotopic (exact) mass is 509 g/mol. The van der Waals surface area contributed by atoms with E-state index >= 15 is 0 Å². The van der Waals surface area contributed by atoms with E-state index in [1.807, 2.05) is 60.7 Å². The molecule has 0 saturated carbocycles. The Kier molecular flexibility index (Phi) is 11.8. The van der Waals surface area contributed by atoms with Crippen molar-refractivity contribution >= 4 is 23.7 Å². The van der Waals surface area contributed by atoms with Crippen molar-refractivity contribution in [3.05, 3.63) is 71.8 Å². The Morgan fingerprint density at radius 3 is 2.03 bits per heavy atom. The summed E-state index contributed by atoms with van der Waals surface area (Å²) in [5.41, 5.74) is 1.21. The number of likely N-dealkylation sites (N-methyl/N-ethyl adjacent to an activating group) is 1. The molecule has 37 heavy (non-hydrogen) atoms. The summed E-state index contributed by atoms with van der Waals surface area (Å²) in [6.45, 7) is 5.71. The highest BCUT2D eigenvalue weighted by Crippen LogP contribution is 2.18. The van der Waals surface area contributed by atoms with Gasteiger partial charge >= 0.3 is 5.97 Å². The van der Waals surface area contributed by atoms with Gasteiger partial charge in [0.25, 0.3) is 0 Å². The molecule has 0 heterocycles. The molecule has 0 radical (unpaired) electrons. The van der Waals surface area contributed by atoms with E-state index in [0.717, 1.165) is 11.1 Å². The number of amides is 3. The summed E-state index contributed by atoms with van der Waals surface area (Å²) >= 11 is 0. The first-order chi connectivity index (χ1) is 17.6. The van der Waals surface area contributed by atoms with Gasteiger partial charge in [0.05, 0.1) is 6.42 Å². The summed E-state index contributed by atoms with van der Waals surface area (Å²) in [6, 6.07) is 18.2. The molecule has 3 amide bonds. The van der Waals surface area contributed by atoms with Crippen LogP contribution < -0.4 is 16.0 Å². The van der Waals surface area contributed by atoms with Crippen molar-refractivity contribution in [1.29, 1.82) is 0 Å². The molecular formula is C29H39N3O5. The summed E-state index contributed by atoms with van der Waals surface area (Å²) in [4.78, 5) is 50.6. The maximum atomic E-state index is 13.3. The Morgan fingerprint density at radius 1 is 0.865 bits per heavy atom. The summed E-state index contributed by atoms with van der Waals surface area (Å²) in [5.74, 6) is -2.11. The van der Waals surface area contributed by atoms with Gasteiger partial charge in [-0.1, -0.05) is 60.7 Å². The second-order valence-electron chi connectivity index (χ2n) is 10.0. The molecule has 0 aliphatic heterocycles. The fourth-order valence-electron chi connectivity index (χ4n) is 3.83. The average Bonchev–Trinajstić information content (AvgIpc) is 2.86. The first-order valence-electron chi connectivity index (χ1n) is 12.7. The molecular weight excluding hydrogens is 470 g/mol. The largest absolute Gasteiger partial charge is 0.460 e. The summed E-state index contributed by atoms with van der Waals surface area (Å²) < 4.78 is 5.43. The van der Waals surface area contributed by atoms with Gasteiger partial charge in [-0.25, -0.2) is 0 Å². The van der Waals surface area contributed by atoms with Crippen LogP contribution in [-0.4, -0.2) is 42.4 Å². The number of hydrogen-bond donors (Lipinski definition) is 3. The third-order valence-electron chi connectivity index (χ3n) is 5.65. The maximum absolute atomic E-state index is 13.3. The lowest BCUT2D eigenvalue weighted by atomic mass is 9.95. The van der Waals surface area contributed by atoms with Crippen molar-refractivity contribution in [2.45, 2.75) is 71.1 Å². The van der Waals surface area contributed by atoms with Crippen LogP contribution in [0.25, 0.3) is 0 Å². The van der Waals surface area contributed by atoms with E-state index in [4.69, 9.17) is 4.74 Å². The number of nitrogens with one attached hydrogen (secondary N) is 3. The molecule has 8 nitrogen and oxygen atoms in total. The number of hydrogen-bond acceptors (Lipinski definition) is 5. The summed E-state index contributed by atoms with van der Waals surface area (Å²) in [6.07, 6.45) is 1.10. The second kappa shape index (κ2) is 14.8. The number of rotatable bonds is 13. The first-order valence-corrected chi connectivity index (χ1v) is 12.7. The molecule has 2 aromatic rings. The molecule has 2 rings (SSSR count). The zero-order valence-corrected chi connectivity index (χ0v) is 22.2. The Balaban J connectivity index is 2.01. The molecule has 0 bridgehead atoms. The molecule has 3 N–H and O–H groups in total. The van der Waals surface area contributed by atoms with Crippen molar-refractivity contribution in [1.82, 2.24) is 16.0 Å². The van der Waals surface area contributed by atoms with E-state index < -0.39 is 29.4 Å². The van der Waals surface area contributed by atoms with Crippen LogP contribution in [0, 0.1) is 5.92 Å². The number of benzene rings is 2. The van der Waals surface area contributed by atoms with Gasteiger partial charge in [-0.05, 0) is 44.7 Å². The number of carbonyl (C=O) groups excluding carboxylic acids is 4. The van der Waals surface area contributed by atoms with Crippen molar-refractivity contribution in [3.8, 4) is 0 Å². The van der Waals surface area contributed by atoms with Crippen LogP contribution in [-0.2, 0) is 36.9 Å². The normalized spacial score (nSPS) is 12.6. The van der Waals surface area contributed by atoms with E-state index in [9.17, 15) is 19.2 Å². The fraction of sp³-hybridized carbons (Fsp3) is 0.448. The molecule has 200 valence electrons. The molecule has 0 aromatic heterocycles. The molecule has 0 aliphatic rings. The maximum Gasteiger partial charge on any atom is 0.307 e. The first kappa shape index (κ1) is 29.5. The molecule has 0 unspecified atom stereocenters. The van der Waals surface area contributed by atoms with Crippen LogP contribution in [0.5, 0.6) is 0 Å². The number of esters is 1. The smallest absolute Gasteiger partial charge is 0.307 e. The van der Waals surface area contributed by atoms with Crippen LogP contribution in [0.4, 0.5) is 0 Å². The van der Waals surface area contributed by atoms with E-state index in [0.29, 0.717) is 25.8 Å². The van der Waals surface area contributed by atoms with Crippen molar-refractivity contribution in [2.24, 2.45) is 5.92 Å². The Bertz CT molecular complexity index is 1020. The third kappa shape index (κ3) is 11.7. The van der Waals surface area contributed by atoms with Crippen LogP contribution in [0.15, 0.2) is 60.7 Å². The molecule has 8 heteroatoms. The highest BCUT2D eigenvalue weighted by molar-refractivity contribution is 5.90. The van der Waals surface area contributed by atoms with E-state index in [1.54, 1.807) is 20.8 Å². The quantitative estimate of drug-likeness (QED) is 0.359. The number of carbonyl (C=O) groups is 4. The highest BCUT2D eigenvalue weighted by atomic mass is 16.6. The Labute approximate surface area is 219 Å². The van der Waals surface area contributed by atoms with Gasteiger partial charge < -0.3 is 20.7 Å². The van der Waals surface area contributed by atoms with Crippen LogP contribution in [0.3, 0.4) is 0 Å². The van der Waals surface area contributed by atoms with Gasteiger partial charge in [-0.3, -0.25) is 19.2 Å². The lowest BCUT2D eigenvalue weighted by Crippen LogP contribution is -2.49. The predicted molar refractivity (Wildman–Crippen MR) is 142 cm³/mol. The minimum absolute atomic E-state index is 0.132. The molecule has 0 spiro atoms. The summed E-state index contributed by atoms with van der Waals surface area (Å²) in [7, 11) is 1.51. The predicted octanol–water partition coefficient (Wildman–Crippen LogP) is 3.29. The SMILES string of the molecule is CNC(=O)[C@H](Cc1ccccc1)NC(=O)[C@H](CCCC(=O)NCc1ccccc1)CC(=O)OC(C)(C)C. The number of ether oxygens (including phenoxy) is 1. The highest BCUT2D eigenvalue weighted by Gasteiger charge is 2.29. The Morgan fingerprint density at radius 2 is 1.46 bits per heavy atom. The molecule has 2 aromatic carbocycles. The van der Waals surface area contributed by atoms with Crippen LogP contribution in [0.2, 0.25) is 0 Å². The zero-order chi connectivity index (χ0) is 27.3. The van der Waals surface area contributed by atoms with Gasteiger partial charge in [-0.2, -0.15) is 0 Å². The average molecular weight is 510 g/mol. The van der Waals surface area contributed by atoms with Crippen molar-refractivity contribution in [3.63, 3.8) is 0 Å². The second-order valence-corrected chi connectivity index (χ2v) is 10.0. The van der Waals surface area contributed by atoms with Gasteiger partial charge in [0.2, 0.25) is 17.7 Å². The Hall–Kier alpha value is -3.68. The van der Waals surface area contributed by atoms with Gasteiger partial charge in [-0.15, -0.1) is 0 Å². The van der Waals surface area contributed by atoms with Crippen molar-refractivity contribution in [2.75, 3.05) is 7.05 Å². The van der Waals surface area contributed by atoms with Gasteiger partial charge in [0.15, 0.2) is 0 Å². The summed E-state index contributed by atoms with van der Waals surface area (Å²) in [5, 5.41) is 8.27. The zero-order valence-electron chi connectivity index (χ0n) is 22.2. The molecule has 0 aliphatic carbocycles. The minimum atomic E-state index is -0.796. The standard InChI is InChI=1S/C29H39N3O5/c1-29(2,3)37-26(34)19-23(16-11-17-25(33)31-20-22-14-9-6-10-15-22)27(35)32-24(28(36)30-4)18-21-12-7-5-8-13-21/h5-10,12-15,23-24H,11,16-20H2,1-4H3,(H,30,36)(H,31,33)(H,32,35)/t23-,24+/m1/s1. The van der Waals surface area contributed by atoms with Gasteiger partial charge in [0.1, 0.15) is 11.6 Å². The van der Waals surface area contributed by atoms with E-state index in [-0.39, 0.29) is 24.7 Å². The van der Waals surface area contributed by atoms with Crippen LogP contribution >= 0.6 is 0 Å². The topological polar surface area (TPSA) is 114 Å². The van der Waals surface area contributed by atoms with Crippen LogP contribution in [0.1, 0.15) is 57.6 Å². The molecule has 0 saturated heterocycles. The van der Waals surface area contributed by atoms with E-state index in [1.165, 1.54) is 7.05 Å².